The van der Waals surface area contributed by atoms with Crippen LogP contribution in [0.3, 0.4) is 0 Å². The number of aliphatic carboxylic acids is 1. The van der Waals surface area contributed by atoms with E-state index in [9.17, 15) is 9.59 Å². The summed E-state index contributed by atoms with van der Waals surface area (Å²) in [4.78, 5) is 24.7. The normalized spacial score (nSPS) is 10.8. The zero-order valence-corrected chi connectivity index (χ0v) is 16.0. The topological polar surface area (TPSA) is 105 Å². The molecule has 0 bridgehead atoms. The van der Waals surface area contributed by atoms with Crippen LogP contribution in [0.5, 0.6) is 0 Å². The Bertz CT molecular complexity index is 673. The Morgan fingerprint density at radius 2 is 1.81 bits per heavy atom. The number of hydrogen-bond donors (Lipinski definition) is 3. The van der Waals surface area contributed by atoms with Crippen molar-refractivity contribution in [3.05, 3.63) is 36.0 Å². The van der Waals surface area contributed by atoms with Gasteiger partial charge >= 0.3 is 5.97 Å². The quantitative estimate of drug-likeness (QED) is 0.296. The Morgan fingerprint density at radius 3 is 2.37 bits per heavy atom. The van der Waals surface area contributed by atoms with Crippen LogP contribution < -0.4 is 15.5 Å². The molecule has 1 aromatic rings. The van der Waals surface area contributed by atoms with E-state index in [4.69, 9.17) is 10.4 Å². The average Bonchev–Trinajstić information content (AvgIpc) is 2.67. The molecule has 0 atom stereocenters. The van der Waals surface area contributed by atoms with Crippen molar-refractivity contribution in [2.24, 2.45) is 0 Å². The van der Waals surface area contributed by atoms with Gasteiger partial charge in [0.15, 0.2) is 0 Å². The molecule has 27 heavy (non-hydrogen) atoms. The predicted octanol–water partition coefficient (Wildman–Crippen LogP) is 3.11. The predicted molar refractivity (Wildman–Crippen MR) is 106 cm³/mol. The van der Waals surface area contributed by atoms with Crippen LogP contribution in [-0.4, -0.2) is 36.6 Å². The molecule has 0 heterocycles. The summed E-state index contributed by atoms with van der Waals surface area (Å²) in [5, 5.41) is 23.4. The van der Waals surface area contributed by atoms with Crippen LogP contribution in [0, 0.1) is 11.3 Å². The molecule has 1 rings (SSSR count). The third kappa shape index (κ3) is 8.27. The lowest BCUT2D eigenvalue weighted by molar-refractivity contribution is -0.137. The molecule has 0 saturated carbocycles. The zero-order chi connectivity index (χ0) is 20.1. The average molecular weight is 372 g/mol. The summed E-state index contributed by atoms with van der Waals surface area (Å²) in [5.74, 6) is -1.26. The maximum Gasteiger partial charge on any atom is 0.303 e. The minimum Gasteiger partial charge on any atom is -0.481 e. The van der Waals surface area contributed by atoms with Crippen molar-refractivity contribution in [1.29, 1.82) is 5.26 Å². The van der Waals surface area contributed by atoms with Gasteiger partial charge in [0.05, 0.1) is 0 Å². The van der Waals surface area contributed by atoms with E-state index in [1.54, 1.807) is 0 Å². The SMILES string of the molecule is CCN(CC)c1ccc(N/C=C(/C#N)C(=O)NCCCCCC(=O)O)cc1. The van der Waals surface area contributed by atoms with Crippen molar-refractivity contribution in [1.82, 2.24) is 5.32 Å². The lowest BCUT2D eigenvalue weighted by atomic mass is 10.2. The van der Waals surface area contributed by atoms with Gasteiger partial charge in [-0.15, -0.1) is 0 Å². The van der Waals surface area contributed by atoms with Crippen molar-refractivity contribution in [2.75, 3.05) is 29.9 Å². The summed E-state index contributed by atoms with van der Waals surface area (Å²) >= 11 is 0. The van der Waals surface area contributed by atoms with Crippen LogP contribution in [0.1, 0.15) is 39.5 Å². The molecule has 0 aliphatic carbocycles. The summed E-state index contributed by atoms with van der Waals surface area (Å²) in [5.41, 5.74) is 1.91. The summed E-state index contributed by atoms with van der Waals surface area (Å²) in [6.07, 6.45) is 3.50. The first-order valence-corrected chi connectivity index (χ1v) is 9.23. The molecule has 0 aliphatic rings. The molecule has 7 heteroatoms. The van der Waals surface area contributed by atoms with Crippen molar-refractivity contribution >= 4 is 23.3 Å². The molecular weight excluding hydrogens is 344 g/mol. The third-order valence-corrected chi connectivity index (χ3v) is 4.10. The Hall–Kier alpha value is -3.01. The molecule has 0 aromatic heterocycles. The summed E-state index contributed by atoms with van der Waals surface area (Å²) in [6, 6.07) is 9.68. The number of carboxylic acid groups (broad SMARTS) is 1. The molecule has 7 nitrogen and oxygen atoms in total. The first-order valence-electron chi connectivity index (χ1n) is 9.23. The smallest absolute Gasteiger partial charge is 0.303 e. The van der Waals surface area contributed by atoms with Gasteiger partial charge < -0.3 is 20.6 Å². The van der Waals surface area contributed by atoms with Crippen LogP contribution >= 0.6 is 0 Å². The number of nitriles is 1. The maximum atomic E-state index is 12.0. The molecule has 3 N–H and O–H groups in total. The minimum absolute atomic E-state index is 0.00615. The second-order valence-corrected chi connectivity index (χ2v) is 5.99. The van der Waals surface area contributed by atoms with Crippen molar-refractivity contribution in [3.8, 4) is 6.07 Å². The molecule has 0 unspecified atom stereocenters. The number of amides is 1. The maximum absolute atomic E-state index is 12.0. The number of hydrogen-bond acceptors (Lipinski definition) is 5. The van der Waals surface area contributed by atoms with Crippen LogP contribution in [-0.2, 0) is 9.59 Å². The fourth-order valence-corrected chi connectivity index (χ4v) is 2.54. The van der Waals surface area contributed by atoms with E-state index in [0.717, 1.165) is 30.9 Å². The number of carbonyl (C=O) groups excluding carboxylic acids is 1. The molecule has 146 valence electrons. The standard InChI is InChI=1S/C20H28N4O3/c1-3-24(4-2)18-11-9-17(10-12-18)23-15-16(14-21)20(27)22-13-7-5-6-8-19(25)26/h9-12,15,23H,3-8,13H2,1-2H3,(H,22,27)(H,25,26)/b16-15-. The van der Waals surface area contributed by atoms with Crippen LogP contribution in [0.15, 0.2) is 36.0 Å². The highest BCUT2D eigenvalue weighted by Crippen LogP contribution is 2.17. The van der Waals surface area contributed by atoms with E-state index in [-0.39, 0.29) is 12.0 Å². The van der Waals surface area contributed by atoms with Gasteiger partial charge in [-0.05, 0) is 51.0 Å². The highest BCUT2D eigenvalue weighted by molar-refractivity contribution is 5.97. The second kappa shape index (κ2) is 12.4. The molecule has 0 fully saturated rings. The number of unbranched alkanes of at least 4 members (excludes halogenated alkanes) is 2. The third-order valence-electron chi connectivity index (χ3n) is 4.10. The number of nitrogens with one attached hydrogen (secondary N) is 2. The highest BCUT2D eigenvalue weighted by Gasteiger charge is 2.08. The molecular formula is C20H28N4O3. The number of benzene rings is 1. The van der Waals surface area contributed by atoms with Crippen LogP contribution in [0.2, 0.25) is 0 Å². The summed E-state index contributed by atoms with van der Waals surface area (Å²) in [7, 11) is 0. The Morgan fingerprint density at radius 1 is 1.15 bits per heavy atom. The van der Waals surface area contributed by atoms with Crippen molar-refractivity contribution in [3.63, 3.8) is 0 Å². The minimum atomic E-state index is -0.815. The number of anilines is 2. The van der Waals surface area contributed by atoms with Crippen molar-refractivity contribution in [2.45, 2.75) is 39.5 Å². The van der Waals surface area contributed by atoms with Gasteiger partial charge in [-0.3, -0.25) is 9.59 Å². The first kappa shape index (κ1) is 22.0. The van der Waals surface area contributed by atoms with Gasteiger partial charge in [0, 0.05) is 43.6 Å². The summed E-state index contributed by atoms with van der Waals surface area (Å²) < 4.78 is 0. The molecule has 0 radical (unpaired) electrons. The van der Waals surface area contributed by atoms with E-state index in [1.165, 1.54) is 6.20 Å². The highest BCUT2D eigenvalue weighted by atomic mass is 16.4. The van der Waals surface area contributed by atoms with Crippen LogP contribution in [0.4, 0.5) is 11.4 Å². The lowest BCUT2D eigenvalue weighted by Crippen LogP contribution is -2.26. The zero-order valence-electron chi connectivity index (χ0n) is 16.0. The van der Waals surface area contributed by atoms with Gasteiger partial charge in [0.2, 0.25) is 0 Å². The lowest BCUT2D eigenvalue weighted by Gasteiger charge is -2.21. The van der Waals surface area contributed by atoms with Crippen LogP contribution in [0.25, 0.3) is 0 Å². The van der Waals surface area contributed by atoms with Gasteiger partial charge in [0.25, 0.3) is 5.91 Å². The number of nitrogens with zero attached hydrogens (tertiary/aromatic N) is 2. The van der Waals surface area contributed by atoms with Gasteiger partial charge in [0.1, 0.15) is 11.6 Å². The molecule has 1 amide bonds. The van der Waals surface area contributed by atoms with Crippen molar-refractivity contribution < 1.29 is 14.7 Å². The Labute approximate surface area is 160 Å². The van der Waals surface area contributed by atoms with E-state index in [2.05, 4.69) is 29.4 Å². The molecule has 0 aliphatic heterocycles. The van der Waals surface area contributed by atoms with E-state index < -0.39 is 11.9 Å². The Balaban J connectivity index is 2.48. The first-order chi connectivity index (χ1) is 13.0. The second-order valence-electron chi connectivity index (χ2n) is 5.99. The largest absolute Gasteiger partial charge is 0.481 e. The summed E-state index contributed by atoms with van der Waals surface area (Å²) in [6.45, 7) is 6.47. The molecule has 1 aromatic carbocycles. The van der Waals surface area contributed by atoms with Gasteiger partial charge in [-0.1, -0.05) is 6.42 Å². The monoisotopic (exact) mass is 372 g/mol. The fraction of sp³-hybridized carbons (Fsp3) is 0.450. The number of carbonyl (C=O) groups is 2. The van der Waals surface area contributed by atoms with E-state index >= 15 is 0 Å². The molecule has 0 saturated heterocycles. The van der Waals surface area contributed by atoms with Gasteiger partial charge in [-0.25, -0.2) is 0 Å². The Kier molecular flexibility index (Phi) is 10.1. The number of rotatable bonds is 12. The fourth-order valence-electron chi connectivity index (χ4n) is 2.54. The molecule has 0 spiro atoms. The van der Waals surface area contributed by atoms with Gasteiger partial charge in [-0.2, -0.15) is 5.26 Å². The van der Waals surface area contributed by atoms with E-state index in [0.29, 0.717) is 19.4 Å². The van der Waals surface area contributed by atoms with E-state index in [1.807, 2.05) is 30.3 Å². The number of carboxylic acids is 1.